The molecule has 2 aliphatic rings. The SMILES string of the molecule is Clc1cc(N2CCC[C@@H]3CCN[C@@H]3C2)cnc1Cl. The number of aromatic nitrogens is 1. The van der Waals surface area contributed by atoms with Gasteiger partial charge in [0.15, 0.2) is 0 Å². The lowest BCUT2D eigenvalue weighted by atomic mass is 9.97. The Morgan fingerprint density at radius 3 is 3.06 bits per heavy atom. The van der Waals surface area contributed by atoms with Gasteiger partial charge in [-0.3, -0.25) is 0 Å². The maximum atomic E-state index is 6.05. The number of fused-ring (bicyclic) bond motifs is 1. The van der Waals surface area contributed by atoms with Crippen LogP contribution in [0.15, 0.2) is 12.3 Å². The van der Waals surface area contributed by atoms with Crippen molar-refractivity contribution >= 4 is 28.9 Å². The van der Waals surface area contributed by atoms with Gasteiger partial charge in [-0.1, -0.05) is 23.2 Å². The number of hydrogen-bond donors (Lipinski definition) is 1. The molecule has 2 atom stereocenters. The molecule has 18 heavy (non-hydrogen) atoms. The van der Waals surface area contributed by atoms with Crippen molar-refractivity contribution in [1.82, 2.24) is 10.3 Å². The predicted octanol–water partition coefficient (Wildman–Crippen LogP) is 2.97. The highest BCUT2D eigenvalue weighted by atomic mass is 35.5. The van der Waals surface area contributed by atoms with Gasteiger partial charge >= 0.3 is 0 Å². The van der Waals surface area contributed by atoms with Gasteiger partial charge in [0.25, 0.3) is 0 Å². The standard InChI is InChI=1S/C13H17Cl2N3/c14-11-6-10(7-17-13(11)15)18-5-1-2-9-3-4-16-12(9)8-18/h6-7,9,12,16H,1-5,8H2/t9-,12-/m1/s1. The van der Waals surface area contributed by atoms with Gasteiger partial charge in [-0.05, 0) is 37.8 Å². The third kappa shape index (κ3) is 2.44. The van der Waals surface area contributed by atoms with Crippen LogP contribution in [0, 0.1) is 5.92 Å². The molecule has 2 fully saturated rings. The topological polar surface area (TPSA) is 28.2 Å². The average molecular weight is 286 g/mol. The van der Waals surface area contributed by atoms with Crippen molar-refractivity contribution in [2.24, 2.45) is 5.92 Å². The summed E-state index contributed by atoms with van der Waals surface area (Å²) in [6.45, 7) is 3.28. The molecule has 0 spiro atoms. The first-order valence-electron chi connectivity index (χ1n) is 6.53. The van der Waals surface area contributed by atoms with E-state index in [0.29, 0.717) is 16.2 Å². The number of nitrogens with one attached hydrogen (secondary N) is 1. The Labute approximate surface area is 117 Å². The second-order valence-electron chi connectivity index (χ2n) is 5.16. The maximum Gasteiger partial charge on any atom is 0.147 e. The van der Waals surface area contributed by atoms with Crippen molar-refractivity contribution in [2.45, 2.75) is 25.3 Å². The van der Waals surface area contributed by atoms with Crippen LogP contribution in [0.2, 0.25) is 10.2 Å². The smallest absolute Gasteiger partial charge is 0.147 e. The van der Waals surface area contributed by atoms with Crippen molar-refractivity contribution in [3.8, 4) is 0 Å². The fourth-order valence-electron chi connectivity index (χ4n) is 3.07. The first-order valence-corrected chi connectivity index (χ1v) is 7.29. The molecule has 0 radical (unpaired) electrons. The normalized spacial score (nSPS) is 28.0. The quantitative estimate of drug-likeness (QED) is 0.804. The summed E-state index contributed by atoms with van der Waals surface area (Å²) in [5, 5.41) is 4.52. The van der Waals surface area contributed by atoms with E-state index in [1.807, 2.05) is 12.3 Å². The molecule has 2 saturated heterocycles. The summed E-state index contributed by atoms with van der Waals surface area (Å²) in [5.41, 5.74) is 1.08. The molecule has 0 saturated carbocycles. The molecule has 0 unspecified atom stereocenters. The van der Waals surface area contributed by atoms with Gasteiger partial charge in [0.2, 0.25) is 0 Å². The van der Waals surface area contributed by atoms with Crippen LogP contribution < -0.4 is 10.2 Å². The number of hydrogen-bond acceptors (Lipinski definition) is 3. The molecule has 3 rings (SSSR count). The van der Waals surface area contributed by atoms with E-state index >= 15 is 0 Å². The van der Waals surface area contributed by atoms with E-state index in [0.717, 1.165) is 31.2 Å². The highest BCUT2D eigenvalue weighted by molar-refractivity contribution is 6.41. The van der Waals surface area contributed by atoms with Gasteiger partial charge < -0.3 is 10.2 Å². The molecule has 3 nitrogen and oxygen atoms in total. The summed E-state index contributed by atoms with van der Waals surface area (Å²) in [6, 6.07) is 2.54. The molecular weight excluding hydrogens is 269 g/mol. The summed E-state index contributed by atoms with van der Waals surface area (Å²) in [4.78, 5) is 6.51. The van der Waals surface area contributed by atoms with Crippen LogP contribution in [0.1, 0.15) is 19.3 Å². The average Bonchev–Trinajstić information content (AvgIpc) is 2.70. The fraction of sp³-hybridized carbons (Fsp3) is 0.615. The van der Waals surface area contributed by atoms with Crippen molar-refractivity contribution in [3.05, 3.63) is 22.4 Å². The molecule has 0 amide bonds. The van der Waals surface area contributed by atoms with Crippen LogP contribution in [0.3, 0.4) is 0 Å². The molecule has 3 heterocycles. The Bertz CT molecular complexity index is 438. The van der Waals surface area contributed by atoms with Gasteiger partial charge in [-0.25, -0.2) is 4.98 Å². The Balaban J connectivity index is 1.80. The molecule has 0 aromatic carbocycles. The second kappa shape index (κ2) is 5.24. The Morgan fingerprint density at radius 1 is 1.33 bits per heavy atom. The van der Waals surface area contributed by atoms with E-state index in [-0.39, 0.29) is 0 Å². The van der Waals surface area contributed by atoms with Crippen LogP contribution in [0.4, 0.5) is 5.69 Å². The van der Waals surface area contributed by atoms with Crippen LogP contribution in [0.5, 0.6) is 0 Å². The van der Waals surface area contributed by atoms with Crippen LogP contribution >= 0.6 is 23.2 Å². The van der Waals surface area contributed by atoms with Gasteiger partial charge in [-0.2, -0.15) is 0 Å². The van der Waals surface area contributed by atoms with E-state index in [9.17, 15) is 0 Å². The summed E-state index contributed by atoms with van der Waals surface area (Å²) in [6.07, 6.45) is 5.70. The fourth-order valence-corrected chi connectivity index (χ4v) is 3.34. The van der Waals surface area contributed by atoms with E-state index < -0.39 is 0 Å². The Kier molecular flexibility index (Phi) is 3.64. The number of rotatable bonds is 1. The first-order chi connectivity index (χ1) is 8.74. The molecule has 1 aromatic heterocycles. The zero-order valence-electron chi connectivity index (χ0n) is 10.2. The van der Waals surface area contributed by atoms with Gasteiger partial charge in [0.05, 0.1) is 16.9 Å². The van der Waals surface area contributed by atoms with Crippen LogP contribution in [0.25, 0.3) is 0 Å². The van der Waals surface area contributed by atoms with E-state index in [4.69, 9.17) is 23.2 Å². The second-order valence-corrected chi connectivity index (χ2v) is 5.93. The lowest BCUT2D eigenvalue weighted by molar-refractivity contribution is 0.445. The molecule has 5 heteroatoms. The van der Waals surface area contributed by atoms with Crippen LogP contribution in [-0.4, -0.2) is 30.7 Å². The van der Waals surface area contributed by atoms with E-state index in [2.05, 4.69) is 15.2 Å². The monoisotopic (exact) mass is 285 g/mol. The van der Waals surface area contributed by atoms with Gasteiger partial charge in [0, 0.05) is 19.1 Å². The first kappa shape index (κ1) is 12.5. The predicted molar refractivity (Wildman–Crippen MR) is 75.6 cm³/mol. The minimum atomic E-state index is 0.382. The molecule has 1 N–H and O–H groups in total. The zero-order valence-corrected chi connectivity index (χ0v) is 11.7. The molecular formula is C13H17Cl2N3. The van der Waals surface area contributed by atoms with E-state index in [1.165, 1.54) is 19.3 Å². The molecule has 1 aromatic rings. The highest BCUT2D eigenvalue weighted by Gasteiger charge is 2.30. The summed E-state index contributed by atoms with van der Waals surface area (Å²) >= 11 is 11.9. The van der Waals surface area contributed by atoms with Crippen LogP contribution in [-0.2, 0) is 0 Å². The molecule has 0 bridgehead atoms. The van der Waals surface area contributed by atoms with E-state index in [1.54, 1.807) is 0 Å². The lowest BCUT2D eigenvalue weighted by Crippen LogP contribution is -2.38. The third-order valence-electron chi connectivity index (χ3n) is 4.06. The summed E-state index contributed by atoms with van der Waals surface area (Å²) < 4.78 is 0. The zero-order chi connectivity index (χ0) is 12.5. The highest BCUT2D eigenvalue weighted by Crippen LogP contribution is 2.30. The summed E-state index contributed by atoms with van der Waals surface area (Å²) in [5.74, 6) is 0.839. The van der Waals surface area contributed by atoms with Crippen molar-refractivity contribution < 1.29 is 0 Å². The lowest BCUT2D eigenvalue weighted by Gasteiger charge is -2.26. The van der Waals surface area contributed by atoms with Crippen molar-refractivity contribution in [2.75, 3.05) is 24.5 Å². The molecule has 2 aliphatic heterocycles. The third-order valence-corrected chi connectivity index (χ3v) is 4.74. The Morgan fingerprint density at radius 2 is 2.22 bits per heavy atom. The van der Waals surface area contributed by atoms with Gasteiger partial charge in [-0.15, -0.1) is 0 Å². The Hall–Kier alpha value is -0.510. The number of halogens is 2. The molecule has 98 valence electrons. The number of pyridine rings is 1. The number of nitrogens with zero attached hydrogens (tertiary/aromatic N) is 2. The maximum absolute atomic E-state index is 6.05. The molecule has 0 aliphatic carbocycles. The minimum Gasteiger partial charge on any atom is -0.369 e. The largest absolute Gasteiger partial charge is 0.369 e. The van der Waals surface area contributed by atoms with Crippen molar-refractivity contribution in [1.29, 1.82) is 0 Å². The van der Waals surface area contributed by atoms with Gasteiger partial charge in [0.1, 0.15) is 5.15 Å². The minimum absolute atomic E-state index is 0.382. The van der Waals surface area contributed by atoms with Crippen molar-refractivity contribution in [3.63, 3.8) is 0 Å². The number of anilines is 1. The summed E-state index contributed by atoms with van der Waals surface area (Å²) in [7, 11) is 0.